The minimum Gasteiger partial charge on any atom is -0.293 e. The zero-order valence-electron chi connectivity index (χ0n) is 10.5. The molecular formula is C14H9BrCl2O3S. The van der Waals surface area contributed by atoms with Gasteiger partial charge in [-0.15, -0.1) is 0 Å². The molecule has 0 saturated heterocycles. The lowest BCUT2D eigenvalue weighted by Gasteiger charge is -2.06. The minimum absolute atomic E-state index is 0.0275. The summed E-state index contributed by atoms with van der Waals surface area (Å²) in [6, 6.07) is 10.5. The Morgan fingerprint density at radius 3 is 2.38 bits per heavy atom. The molecular weight excluding hydrogens is 399 g/mol. The predicted molar refractivity (Wildman–Crippen MR) is 87.0 cm³/mol. The molecule has 0 amide bonds. The van der Waals surface area contributed by atoms with Crippen molar-refractivity contribution in [3.8, 4) is 0 Å². The molecule has 0 unspecified atom stereocenters. The molecule has 2 rings (SSSR count). The molecule has 0 aliphatic carbocycles. The fraction of sp³-hybridized carbons (Fsp3) is 0.0714. The minimum atomic E-state index is -3.77. The molecule has 0 fully saturated rings. The smallest absolute Gasteiger partial charge is 0.185 e. The molecule has 0 saturated carbocycles. The largest absolute Gasteiger partial charge is 0.293 e. The van der Waals surface area contributed by atoms with Crippen LogP contribution in [0.5, 0.6) is 0 Å². The van der Waals surface area contributed by atoms with Crippen molar-refractivity contribution < 1.29 is 13.2 Å². The average Bonchev–Trinajstić information content (AvgIpc) is 2.41. The van der Waals surface area contributed by atoms with E-state index in [1.165, 1.54) is 18.2 Å². The summed E-state index contributed by atoms with van der Waals surface area (Å²) in [6.07, 6.45) is 0. The molecule has 3 nitrogen and oxygen atoms in total. The fourth-order valence-electron chi connectivity index (χ4n) is 1.67. The van der Waals surface area contributed by atoms with Crippen molar-refractivity contribution in [1.82, 2.24) is 0 Å². The highest BCUT2D eigenvalue weighted by molar-refractivity contribution is 9.10. The van der Waals surface area contributed by atoms with Crippen LogP contribution < -0.4 is 0 Å². The topological polar surface area (TPSA) is 51.2 Å². The quantitative estimate of drug-likeness (QED) is 0.705. The lowest BCUT2D eigenvalue weighted by atomic mass is 10.2. The zero-order chi connectivity index (χ0) is 15.6. The molecule has 2 aromatic carbocycles. The second-order valence-corrected chi connectivity index (χ2v) is 7.99. The van der Waals surface area contributed by atoms with Gasteiger partial charge in [-0.1, -0.05) is 51.3 Å². The van der Waals surface area contributed by atoms with Gasteiger partial charge in [0.2, 0.25) is 0 Å². The van der Waals surface area contributed by atoms with Crippen LogP contribution in [0.25, 0.3) is 0 Å². The Labute approximate surface area is 140 Å². The summed E-state index contributed by atoms with van der Waals surface area (Å²) in [6.45, 7) is 0. The van der Waals surface area contributed by atoms with Crippen molar-refractivity contribution in [2.45, 2.75) is 4.90 Å². The van der Waals surface area contributed by atoms with Gasteiger partial charge in [-0.3, -0.25) is 4.79 Å². The summed E-state index contributed by atoms with van der Waals surface area (Å²) >= 11 is 14.8. The highest BCUT2D eigenvalue weighted by Crippen LogP contribution is 2.25. The van der Waals surface area contributed by atoms with E-state index in [-0.39, 0.29) is 14.9 Å². The van der Waals surface area contributed by atoms with E-state index in [2.05, 4.69) is 15.9 Å². The Kier molecular flexibility index (Phi) is 5.09. The molecule has 0 atom stereocenters. The number of halogens is 3. The van der Waals surface area contributed by atoms with Gasteiger partial charge in [0, 0.05) is 10.0 Å². The van der Waals surface area contributed by atoms with Gasteiger partial charge in [0.1, 0.15) is 5.75 Å². The van der Waals surface area contributed by atoms with Crippen molar-refractivity contribution in [3.63, 3.8) is 0 Å². The number of Topliss-reactive ketones (excluding diaryl/α,β-unsaturated/α-hetero) is 1. The van der Waals surface area contributed by atoms with E-state index >= 15 is 0 Å². The molecule has 0 aliphatic heterocycles. The van der Waals surface area contributed by atoms with Crippen LogP contribution in [0.3, 0.4) is 0 Å². The fourth-order valence-corrected chi connectivity index (χ4v) is 3.68. The maximum atomic E-state index is 12.2. The second kappa shape index (κ2) is 6.48. The van der Waals surface area contributed by atoms with Crippen LogP contribution in [0.4, 0.5) is 0 Å². The third kappa shape index (κ3) is 4.07. The third-order valence-corrected chi connectivity index (χ3v) is 5.56. The highest BCUT2D eigenvalue weighted by atomic mass is 79.9. The Hall–Kier alpha value is -0.880. The summed E-state index contributed by atoms with van der Waals surface area (Å²) in [4.78, 5) is 12.1. The van der Waals surface area contributed by atoms with Gasteiger partial charge in [-0.2, -0.15) is 0 Å². The summed E-state index contributed by atoms with van der Waals surface area (Å²) in [5.74, 6) is -1.11. The molecule has 0 N–H and O–H groups in total. The van der Waals surface area contributed by atoms with Crippen LogP contribution >= 0.6 is 39.1 Å². The third-order valence-electron chi connectivity index (χ3n) is 2.72. The molecule has 0 bridgehead atoms. The van der Waals surface area contributed by atoms with Crippen molar-refractivity contribution >= 4 is 54.8 Å². The van der Waals surface area contributed by atoms with Gasteiger partial charge in [-0.05, 0) is 30.3 Å². The van der Waals surface area contributed by atoms with Crippen LogP contribution in [0, 0.1) is 0 Å². The van der Waals surface area contributed by atoms with Crippen LogP contribution in [0.2, 0.25) is 10.0 Å². The van der Waals surface area contributed by atoms with Crippen LogP contribution in [-0.4, -0.2) is 20.0 Å². The van der Waals surface area contributed by atoms with Gasteiger partial charge in [0.25, 0.3) is 0 Å². The molecule has 7 heteroatoms. The number of rotatable bonds is 4. The monoisotopic (exact) mass is 406 g/mol. The molecule has 0 aromatic heterocycles. The molecule has 110 valence electrons. The van der Waals surface area contributed by atoms with E-state index in [9.17, 15) is 13.2 Å². The Balaban J connectivity index is 2.29. The van der Waals surface area contributed by atoms with E-state index in [4.69, 9.17) is 23.2 Å². The molecule has 0 heterocycles. The summed E-state index contributed by atoms with van der Waals surface area (Å²) in [5.41, 5.74) is 0.327. The summed E-state index contributed by atoms with van der Waals surface area (Å²) < 4.78 is 25.2. The van der Waals surface area contributed by atoms with Crippen LogP contribution in [0.1, 0.15) is 10.4 Å². The first-order valence-electron chi connectivity index (χ1n) is 5.76. The van der Waals surface area contributed by atoms with Gasteiger partial charge in [0.05, 0.1) is 14.9 Å². The zero-order valence-corrected chi connectivity index (χ0v) is 14.4. The number of carbonyl (C=O) groups is 1. The number of carbonyl (C=O) groups excluding carboxylic acids is 1. The standard InChI is InChI=1S/C14H9BrCl2O3S/c15-10-3-1-2-9(6-10)14(18)8-21(19,20)11-4-5-12(16)13(17)7-11/h1-7H,8H2. The summed E-state index contributed by atoms with van der Waals surface area (Å²) in [5, 5.41) is 0.390. The van der Waals surface area contributed by atoms with Crippen molar-refractivity contribution in [2.75, 3.05) is 5.75 Å². The van der Waals surface area contributed by atoms with E-state index in [1.54, 1.807) is 24.3 Å². The van der Waals surface area contributed by atoms with E-state index in [0.29, 0.717) is 10.0 Å². The lowest BCUT2D eigenvalue weighted by Crippen LogP contribution is -2.16. The first-order valence-corrected chi connectivity index (χ1v) is 8.96. The molecule has 0 aliphatic rings. The Morgan fingerprint density at radius 1 is 1.05 bits per heavy atom. The lowest BCUT2D eigenvalue weighted by molar-refractivity contribution is 0.102. The Morgan fingerprint density at radius 2 is 1.76 bits per heavy atom. The van der Waals surface area contributed by atoms with Gasteiger partial charge >= 0.3 is 0 Å². The van der Waals surface area contributed by atoms with Crippen molar-refractivity contribution in [3.05, 3.63) is 62.5 Å². The van der Waals surface area contributed by atoms with E-state index in [0.717, 1.165) is 0 Å². The van der Waals surface area contributed by atoms with Crippen molar-refractivity contribution in [2.24, 2.45) is 0 Å². The molecule has 21 heavy (non-hydrogen) atoms. The number of sulfone groups is 1. The normalized spacial score (nSPS) is 11.4. The van der Waals surface area contributed by atoms with Gasteiger partial charge < -0.3 is 0 Å². The first kappa shape index (κ1) is 16.5. The maximum Gasteiger partial charge on any atom is 0.185 e. The average molecular weight is 408 g/mol. The predicted octanol–water partition coefficient (Wildman–Crippen LogP) is 4.41. The molecule has 2 aromatic rings. The number of benzene rings is 2. The summed E-state index contributed by atoms with van der Waals surface area (Å²) in [7, 11) is -3.77. The van der Waals surface area contributed by atoms with Gasteiger partial charge in [-0.25, -0.2) is 8.42 Å². The SMILES string of the molecule is O=C(CS(=O)(=O)c1ccc(Cl)c(Cl)c1)c1cccc(Br)c1. The van der Waals surface area contributed by atoms with Gasteiger partial charge in [0.15, 0.2) is 15.6 Å². The number of hydrogen-bond donors (Lipinski definition) is 0. The van der Waals surface area contributed by atoms with Crippen LogP contribution in [0.15, 0.2) is 51.8 Å². The number of hydrogen-bond acceptors (Lipinski definition) is 3. The first-order chi connectivity index (χ1) is 9.79. The van der Waals surface area contributed by atoms with Crippen molar-refractivity contribution in [1.29, 1.82) is 0 Å². The number of ketones is 1. The molecule has 0 radical (unpaired) electrons. The Bertz CT molecular complexity index is 804. The highest BCUT2D eigenvalue weighted by Gasteiger charge is 2.21. The molecule has 0 spiro atoms. The van der Waals surface area contributed by atoms with E-state index < -0.39 is 21.4 Å². The van der Waals surface area contributed by atoms with E-state index in [1.807, 2.05) is 0 Å². The van der Waals surface area contributed by atoms with Crippen LogP contribution in [-0.2, 0) is 9.84 Å². The second-order valence-electron chi connectivity index (χ2n) is 4.27. The maximum absolute atomic E-state index is 12.2.